The van der Waals surface area contributed by atoms with Crippen molar-refractivity contribution in [2.75, 3.05) is 6.54 Å². The van der Waals surface area contributed by atoms with Gasteiger partial charge in [0.1, 0.15) is 0 Å². The number of carbonyl (C=O) groups excluding carboxylic acids is 1. The highest BCUT2D eigenvalue weighted by Crippen LogP contribution is 2.16. The molecular weight excluding hydrogens is 278 g/mol. The molecule has 1 atom stereocenters. The van der Waals surface area contributed by atoms with Gasteiger partial charge in [-0.1, -0.05) is 44.2 Å². The predicted molar refractivity (Wildman–Crippen MR) is 90.0 cm³/mol. The lowest BCUT2D eigenvalue weighted by atomic mass is 10.0. The van der Waals surface area contributed by atoms with E-state index in [1.807, 2.05) is 19.1 Å². The number of benzene rings is 1. The van der Waals surface area contributed by atoms with Crippen molar-refractivity contribution in [2.24, 2.45) is 0 Å². The fourth-order valence-corrected chi connectivity index (χ4v) is 3.17. The van der Waals surface area contributed by atoms with Gasteiger partial charge in [-0.2, -0.15) is 0 Å². The van der Waals surface area contributed by atoms with Crippen molar-refractivity contribution in [1.82, 2.24) is 4.90 Å². The van der Waals surface area contributed by atoms with Gasteiger partial charge >= 0.3 is 0 Å². The Hall–Kier alpha value is -1.45. The van der Waals surface area contributed by atoms with Gasteiger partial charge in [0.05, 0.1) is 6.04 Å². The van der Waals surface area contributed by atoms with Crippen LogP contribution in [0.2, 0.25) is 0 Å². The molecule has 1 unspecified atom stereocenters. The normalized spacial score (nSPS) is 12.6. The molecule has 1 aromatic heterocycles. The van der Waals surface area contributed by atoms with Crippen molar-refractivity contribution in [3.05, 3.63) is 57.8 Å². The molecule has 21 heavy (non-hydrogen) atoms. The Bertz CT molecular complexity index is 559. The van der Waals surface area contributed by atoms with Gasteiger partial charge < -0.3 is 0 Å². The number of carbonyl (C=O) groups is 1. The maximum atomic E-state index is 12.6. The molecule has 2 nitrogen and oxygen atoms in total. The minimum absolute atomic E-state index is 0.0930. The number of hydrogen-bond donors (Lipinski definition) is 0. The monoisotopic (exact) mass is 301 g/mol. The molecule has 0 fully saturated rings. The average molecular weight is 301 g/mol. The van der Waals surface area contributed by atoms with Gasteiger partial charge in [0.2, 0.25) is 0 Å². The average Bonchev–Trinajstić information content (AvgIpc) is 3.04. The molecule has 2 rings (SSSR count). The molecule has 0 radical (unpaired) electrons. The molecule has 0 N–H and O–H groups in total. The van der Waals surface area contributed by atoms with Crippen LogP contribution in [0.1, 0.15) is 41.6 Å². The summed E-state index contributed by atoms with van der Waals surface area (Å²) in [4.78, 5) is 16.2. The molecule has 0 saturated carbocycles. The molecule has 0 aliphatic carbocycles. The van der Waals surface area contributed by atoms with Crippen molar-refractivity contribution >= 4 is 17.1 Å². The zero-order chi connectivity index (χ0) is 15.2. The van der Waals surface area contributed by atoms with Crippen LogP contribution in [0.5, 0.6) is 0 Å². The van der Waals surface area contributed by atoms with Gasteiger partial charge in [-0.25, -0.2) is 0 Å². The molecule has 0 aliphatic heterocycles. The number of aryl methyl sites for hydroxylation is 1. The number of thiophene rings is 1. The summed E-state index contributed by atoms with van der Waals surface area (Å²) < 4.78 is 0. The zero-order valence-electron chi connectivity index (χ0n) is 13.0. The largest absolute Gasteiger partial charge is 0.292 e. The summed E-state index contributed by atoms with van der Waals surface area (Å²) >= 11 is 1.74. The van der Waals surface area contributed by atoms with E-state index in [1.165, 1.54) is 10.4 Å². The van der Waals surface area contributed by atoms with E-state index in [0.29, 0.717) is 0 Å². The van der Waals surface area contributed by atoms with Crippen LogP contribution < -0.4 is 0 Å². The fraction of sp³-hybridized carbons (Fsp3) is 0.389. The molecule has 112 valence electrons. The van der Waals surface area contributed by atoms with Crippen LogP contribution in [0.25, 0.3) is 0 Å². The van der Waals surface area contributed by atoms with E-state index >= 15 is 0 Å². The third-order valence-electron chi connectivity index (χ3n) is 3.92. The quantitative estimate of drug-likeness (QED) is 0.706. The zero-order valence-corrected chi connectivity index (χ0v) is 13.8. The second-order valence-electron chi connectivity index (χ2n) is 5.23. The Morgan fingerprint density at radius 1 is 1.19 bits per heavy atom. The lowest BCUT2D eigenvalue weighted by Gasteiger charge is -2.26. The Balaban J connectivity index is 2.08. The maximum Gasteiger partial charge on any atom is 0.179 e. The summed E-state index contributed by atoms with van der Waals surface area (Å²) in [6.45, 7) is 7.95. The molecular formula is C18H23NOS. The molecule has 1 aromatic carbocycles. The lowest BCUT2D eigenvalue weighted by Crippen LogP contribution is -2.38. The summed E-state index contributed by atoms with van der Waals surface area (Å²) in [6.07, 6.45) is 1.00. The Morgan fingerprint density at radius 2 is 1.90 bits per heavy atom. The molecule has 0 amide bonds. The Kier molecular flexibility index (Phi) is 5.71. The lowest BCUT2D eigenvalue weighted by molar-refractivity contribution is 0.0837. The molecule has 3 heteroatoms. The van der Waals surface area contributed by atoms with E-state index in [4.69, 9.17) is 0 Å². The van der Waals surface area contributed by atoms with Crippen LogP contribution in [-0.2, 0) is 13.0 Å². The van der Waals surface area contributed by atoms with Crippen LogP contribution >= 0.6 is 11.3 Å². The van der Waals surface area contributed by atoms with Crippen molar-refractivity contribution in [3.8, 4) is 0 Å². The predicted octanol–water partition coefficient (Wildman–Crippen LogP) is 4.40. The van der Waals surface area contributed by atoms with Crippen molar-refractivity contribution < 1.29 is 4.79 Å². The van der Waals surface area contributed by atoms with Gasteiger partial charge in [0.15, 0.2) is 5.78 Å². The minimum atomic E-state index is -0.0930. The van der Waals surface area contributed by atoms with Crippen LogP contribution in [0.15, 0.2) is 41.8 Å². The topological polar surface area (TPSA) is 20.3 Å². The van der Waals surface area contributed by atoms with Crippen LogP contribution in [-0.4, -0.2) is 23.3 Å². The van der Waals surface area contributed by atoms with Crippen LogP contribution in [0.3, 0.4) is 0 Å². The first kappa shape index (κ1) is 15.9. The summed E-state index contributed by atoms with van der Waals surface area (Å²) in [5.41, 5.74) is 2.08. The van der Waals surface area contributed by atoms with Crippen molar-refractivity contribution in [2.45, 2.75) is 39.8 Å². The van der Waals surface area contributed by atoms with Gasteiger partial charge in [0.25, 0.3) is 0 Å². The third-order valence-corrected chi connectivity index (χ3v) is 4.78. The second-order valence-corrected chi connectivity index (χ2v) is 6.27. The first-order valence-corrected chi connectivity index (χ1v) is 8.43. The third kappa shape index (κ3) is 4.02. The number of likely N-dealkylation sites (N-methyl/N-ethyl adjacent to an activating group) is 1. The minimum Gasteiger partial charge on any atom is -0.292 e. The van der Waals surface area contributed by atoms with E-state index in [9.17, 15) is 4.79 Å². The number of Topliss-reactive ketones (excluding diaryl/α,β-unsaturated/α-hetero) is 1. The highest BCUT2D eigenvalue weighted by Gasteiger charge is 2.21. The highest BCUT2D eigenvalue weighted by atomic mass is 32.1. The van der Waals surface area contributed by atoms with Gasteiger partial charge in [0, 0.05) is 17.0 Å². The number of nitrogens with zero attached hydrogens (tertiary/aromatic N) is 1. The van der Waals surface area contributed by atoms with E-state index < -0.39 is 0 Å². The van der Waals surface area contributed by atoms with E-state index in [2.05, 4.69) is 48.4 Å². The van der Waals surface area contributed by atoms with Gasteiger partial charge in [-0.05, 0) is 36.9 Å². The van der Waals surface area contributed by atoms with Gasteiger partial charge in [-0.15, -0.1) is 11.3 Å². The highest BCUT2D eigenvalue weighted by molar-refractivity contribution is 7.09. The van der Waals surface area contributed by atoms with Gasteiger partial charge in [-0.3, -0.25) is 9.69 Å². The molecule has 0 bridgehead atoms. The Labute approximate surface area is 131 Å². The number of ketones is 1. The SMILES string of the molecule is CCc1ccc(C(=O)C(C)N(CC)Cc2cccs2)cc1. The standard InChI is InChI=1S/C18H23NOS/c1-4-15-8-10-16(11-9-15)18(20)14(3)19(5-2)13-17-7-6-12-21-17/h6-12,14H,4-5,13H2,1-3H3. The molecule has 0 saturated heterocycles. The maximum absolute atomic E-state index is 12.6. The first-order valence-electron chi connectivity index (χ1n) is 7.55. The summed E-state index contributed by atoms with van der Waals surface area (Å²) in [7, 11) is 0. The van der Waals surface area contributed by atoms with Crippen molar-refractivity contribution in [3.63, 3.8) is 0 Å². The molecule has 2 aromatic rings. The summed E-state index contributed by atoms with van der Waals surface area (Å²) in [5, 5.41) is 2.08. The van der Waals surface area contributed by atoms with Crippen molar-refractivity contribution in [1.29, 1.82) is 0 Å². The Morgan fingerprint density at radius 3 is 2.43 bits per heavy atom. The smallest absolute Gasteiger partial charge is 0.179 e. The number of rotatable bonds is 7. The van der Waals surface area contributed by atoms with Crippen LogP contribution in [0, 0.1) is 0 Å². The molecule has 0 aliphatic rings. The van der Waals surface area contributed by atoms with E-state index in [0.717, 1.165) is 25.1 Å². The summed E-state index contributed by atoms with van der Waals surface area (Å²) in [5.74, 6) is 0.205. The van der Waals surface area contributed by atoms with E-state index in [-0.39, 0.29) is 11.8 Å². The fourth-order valence-electron chi connectivity index (χ4n) is 2.44. The number of hydrogen-bond acceptors (Lipinski definition) is 3. The second kappa shape index (κ2) is 7.53. The summed E-state index contributed by atoms with van der Waals surface area (Å²) in [6, 6.07) is 12.1. The van der Waals surface area contributed by atoms with E-state index in [1.54, 1.807) is 11.3 Å². The molecule has 0 spiro atoms. The van der Waals surface area contributed by atoms with Crippen LogP contribution in [0.4, 0.5) is 0 Å². The molecule has 1 heterocycles. The first-order chi connectivity index (χ1) is 10.2.